The largest absolute Gasteiger partial charge is 0.490 e. The summed E-state index contributed by atoms with van der Waals surface area (Å²) in [4.78, 5) is 0.324. The van der Waals surface area contributed by atoms with Crippen LogP contribution in [-0.2, 0) is 11.3 Å². The lowest BCUT2D eigenvalue weighted by atomic mass is 10.2. The number of ether oxygens (including phenoxy) is 2. The van der Waals surface area contributed by atoms with Crippen LogP contribution in [0.5, 0.6) is 5.75 Å². The van der Waals surface area contributed by atoms with Crippen LogP contribution in [0.15, 0.2) is 48.5 Å². The molecule has 0 aliphatic rings. The van der Waals surface area contributed by atoms with Crippen molar-refractivity contribution >= 4 is 28.8 Å². The lowest BCUT2D eigenvalue weighted by Crippen LogP contribution is -2.13. The zero-order valence-electron chi connectivity index (χ0n) is 11.4. The molecule has 0 aromatic heterocycles. The zero-order chi connectivity index (χ0) is 15.1. The Kier molecular flexibility index (Phi) is 5.99. The Hall–Kier alpha value is -1.62. The first-order valence-electron chi connectivity index (χ1n) is 6.50. The molecule has 5 heteroatoms. The van der Waals surface area contributed by atoms with E-state index in [4.69, 9.17) is 39.0 Å². The number of para-hydroxylation sites is 1. The molecular weight excluding hydrogens is 306 g/mol. The van der Waals surface area contributed by atoms with Gasteiger partial charge in [0.1, 0.15) is 17.3 Å². The van der Waals surface area contributed by atoms with Crippen molar-refractivity contribution in [3.8, 4) is 5.75 Å². The number of halogens is 1. The van der Waals surface area contributed by atoms with E-state index in [0.717, 1.165) is 11.1 Å². The summed E-state index contributed by atoms with van der Waals surface area (Å²) in [6.07, 6.45) is 0. The molecule has 0 radical (unpaired) electrons. The normalized spacial score (nSPS) is 10.3. The molecule has 0 unspecified atom stereocenters. The van der Waals surface area contributed by atoms with Gasteiger partial charge in [0.15, 0.2) is 0 Å². The molecule has 0 aliphatic heterocycles. The molecule has 0 saturated carbocycles. The fraction of sp³-hybridized carbons (Fsp3) is 0.188. The van der Waals surface area contributed by atoms with Gasteiger partial charge in [-0.3, -0.25) is 0 Å². The van der Waals surface area contributed by atoms with Gasteiger partial charge in [0.05, 0.1) is 18.8 Å². The van der Waals surface area contributed by atoms with Crippen molar-refractivity contribution in [3.63, 3.8) is 0 Å². The zero-order valence-corrected chi connectivity index (χ0v) is 13.0. The van der Waals surface area contributed by atoms with E-state index in [9.17, 15) is 0 Å². The maximum atomic E-state index is 5.91. The third kappa shape index (κ3) is 5.01. The Morgan fingerprint density at radius 2 is 1.90 bits per heavy atom. The van der Waals surface area contributed by atoms with Crippen LogP contribution in [0.1, 0.15) is 11.1 Å². The van der Waals surface area contributed by atoms with E-state index in [1.165, 1.54) is 0 Å². The summed E-state index contributed by atoms with van der Waals surface area (Å²) < 4.78 is 11.2. The minimum absolute atomic E-state index is 0.324. The molecule has 2 aromatic carbocycles. The topological polar surface area (TPSA) is 44.5 Å². The monoisotopic (exact) mass is 321 g/mol. The number of thiocarbonyl (C=S) groups is 1. The highest BCUT2D eigenvalue weighted by molar-refractivity contribution is 7.80. The van der Waals surface area contributed by atoms with Crippen molar-refractivity contribution in [1.29, 1.82) is 0 Å². The van der Waals surface area contributed by atoms with E-state index in [-0.39, 0.29) is 0 Å². The Bertz CT molecular complexity index is 619. The predicted molar refractivity (Wildman–Crippen MR) is 88.9 cm³/mol. The van der Waals surface area contributed by atoms with E-state index in [0.29, 0.717) is 35.6 Å². The minimum Gasteiger partial charge on any atom is -0.490 e. The molecule has 2 N–H and O–H groups in total. The molecule has 0 heterocycles. The van der Waals surface area contributed by atoms with Gasteiger partial charge in [0.25, 0.3) is 0 Å². The standard InChI is InChI=1S/C16H16ClNO2S/c17-13-5-3-4-12(10-13)11-19-8-9-20-15-7-2-1-6-14(15)16(18)21/h1-7,10H,8-9,11H2,(H2,18,21). The highest BCUT2D eigenvalue weighted by Gasteiger charge is 2.04. The highest BCUT2D eigenvalue weighted by Crippen LogP contribution is 2.17. The molecule has 0 saturated heterocycles. The highest BCUT2D eigenvalue weighted by atomic mass is 35.5. The molecule has 0 amide bonds. The predicted octanol–water partition coefficient (Wildman–Crippen LogP) is 3.57. The second-order valence-corrected chi connectivity index (χ2v) is 5.27. The second kappa shape index (κ2) is 7.98. The first kappa shape index (κ1) is 15.8. The van der Waals surface area contributed by atoms with Crippen molar-refractivity contribution < 1.29 is 9.47 Å². The van der Waals surface area contributed by atoms with E-state index < -0.39 is 0 Å². The average molecular weight is 322 g/mol. The first-order chi connectivity index (χ1) is 10.2. The summed E-state index contributed by atoms with van der Waals surface area (Å²) in [6.45, 7) is 1.40. The molecule has 0 spiro atoms. The number of benzene rings is 2. The van der Waals surface area contributed by atoms with Gasteiger partial charge in [-0.15, -0.1) is 0 Å². The maximum Gasteiger partial charge on any atom is 0.129 e. The number of hydrogen-bond acceptors (Lipinski definition) is 3. The third-order valence-corrected chi connectivity index (χ3v) is 3.25. The van der Waals surface area contributed by atoms with Gasteiger partial charge in [-0.1, -0.05) is 48.1 Å². The Balaban J connectivity index is 1.76. The molecular formula is C16H16ClNO2S. The second-order valence-electron chi connectivity index (χ2n) is 4.39. The maximum absolute atomic E-state index is 5.91. The van der Waals surface area contributed by atoms with Crippen LogP contribution in [-0.4, -0.2) is 18.2 Å². The summed E-state index contributed by atoms with van der Waals surface area (Å²) in [5, 5.41) is 0.706. The molecule has 0 aliphatic carbocycles. The van der Waals surface area contributed by atoms with Gasteiger partial charge >= 0.3 is 0 Å². The molecule has 0 atom stereocenters. The number of hydrogen-bond donors (Lipinski definition) is 1. The number of rotatable bonds is 7. The van der Waals surface area contributed by atoms with Crippen LogP contribution < -0.4 is 10.5 Å². The quantitative estimate of drug-likeness (QED) is 0.625. The SMILES string of the molecule is NC(=S)c1ccccc1OCCOCc1cccc(Cl)c1. The van der Waals surface area contributed by atoms with Crippen LogP contribution in [0.3, 0.4) is 0 Å². The lowest BCUT2D eigenvalue weighted by Gasteiger charge is -2.10. The van der Waals surface area contributed by atoms with Crippen LogP contribution in [0.25, 0.3) is 0 Å². The average Bonchev–Trinajstić information content (AvgIpc) is 2.47. The Morgan fingerprint density at radius 1 is 1.10 bits per heavy atom. The first-order valence-corrected chi connectivity index (χ1v) is 7.29. The molecule has 21 heavy (non-hydrogen) atoms. The van der Waals surface area contributed by atoms with Crippen molar-refractivity contribution in [2.24, 2.45) is 5.73 Å². The van der Waals surface area contributed by atoms with Gasteiger partial charge in [-0.05, 0) is 29.8 Å². The Morgan fingerprint density at radius 3 is 2.67 bits per heavy atom. The van der Waals surface area contributed by atoms with E-state index in [2.05, 4.69) is 0 Å². The van der Waals surface area contributed by atoms with Crippen molar-refractivity contribution in [3.05, 3.63) is 64.7 Å². The number of nitrogens with two attached hydrogens (primary N) is 1. The van der Waals surface area contributed by atoms with Crippen molar-refractivity contribution in [2.45, 2.75) is 6.61 Å². The van der Waals surface area contributed by atoms with E-state index in [1.54, 1.807) is 0 Å². The smallest absolute Gasteiger partial charge is 0.129 e. The molecule has 2 rings (SSSR count). The van der Waals surface area contributed by atoms with Gasteiger partial charge in [0, 0.05) is 5.02 Å². The van der Waals surface area contributed by atoms with E-state index >= 15 is 0 Å². The summed E-state index contributed by atoms with van der Waals surface area (Å²) in [6, 6.07) is 15.0. The van der Waals surface area contributed by atoms with E-state index in [1.807, 2.05) is 48.5 Å². The van der Waals surface area contributed by atoms with Gasteiger partial charge in [0.2, 0.25) is 0 Å². The van der Waals surface area contributed by atoms with Crippen molar-refractivity contribution in [1.82, 2.24) is 0 Å². The lowest BCUT2D eigenvalue weighted by molar-refractivity contribution is 0.0889. The fourth-order valence-electron chi connectivity index (χ4n) is 1.82. The molecule has 110 valence electrons. The van der Waals surface area contributed by atoms with Crippen LogP contribution >= 0.6 is 23.8 Å². The minimum atomic E-state index is 0.324. The van der Waals surface area contributed by atoms with Gasteiger partial charge in [-0.2, -0.15) is 0 Å². The van der Waals surface area contributed by atoms with Gasteiger partial charge in [-0.25, -0.2) is 0 Å². The van der Waals surface area contributed by atoms with Crippen LogP contribution in [0.4, 0.5) is 0 Å². The fourth-order valence-corrected chi connectivity index (χ4v) is 2.20. The summed E-state index contributed by atoms with van der Waals surface area (Å²) in [5.74, 6) is 0.677. The molecule has 0 fully saturated rings. The molecule has 3 nitrogen and oxygen atoms in total. The van der Waals surface area contributed by atoms with Crippen molar-refractivity contribution in [2.75, 3.05) is 13.2 Å². The Labute approximate surface area is 134 Å². The molecule has 0 bridgehead atoms. The van der Waals surface area contributed by atoms with Crippen LogP contribution in [0.2, 0.25) is 5.02 Å². The summed E-state index contributed by atoms with van der Waals surface area (Å²) >= 11 is 10.9. The summed E-state index contributed by atoms with van der Waals surface area (Å²) in [5.41, 5.74) is 7.41. The third-order valence-electron chi connectivity index (χ3n) is 2.80. The van der Waals surface area contributed by atoms with Crippen LogP contribution in [0, 0.1) is 0 Å². The molecule has 2 aromatic rings. The van der Waals surface area contributed by atoms with Gasteiger partial charge < -0.3 is 15.2 Å². The summed E-state index contributed by atoms with van der Waals surface area (Å²) in [7, 11) is 0.